The fourth-order valence-corrected chi connectivity index (χ4v) is 2.93. The van der Waals surface area contributed by atoms with Gasteiger partial charge in [0.2, 0.25) is 15.9 Å². The molecule has 6 nitrogen and oxygen atoms in total. The normalized spacial score (nSPS) is 12.4. The Bertz CT molecular complexity index is 832. The number of nitrogens with one attached hydrogen (secondary N) is 1. The fraction of sp³-hybridized carbons (Fsp3) is 0.278. The maximum Gasteiger partial charge on any atom is 0.238 e. The van der Waals surface area contributed by atoms with Crippen LogP contribution in [-0.2, 0) is 21.4 Å². The van der Waals surface area contributed by atoms with Crippen LogP contribution < -0.4 is 15.2 Å². The predicted molar refractivity (Wildman–Crippen MR) is 95.7 cm³/mol. The van der Waals surface area contributed by atoms with Crippen molar-refractivity contribution in [3.63, 3.8) is 0 Å². The third-order valence-corrected chi connectivity index (χ3v) is 4.83. The van der Waals surface area contributed by atoms with Gasteiger partial charge in [0.15, 0.2) is 0 Å². The minimum atomic E-state index is -3.70. The lowest BCUT2D eigenvalue weighted by Gasteiger charge is -2.13. The second-order valence-corrected chi connectivity index (χ2v) is 7.41. The maximum absolute atomic E-state index is 12.1. The van der Waals surface area contributed by atoms with Gasteiger partial charge < -0.3 is 10.1 Å². The molecule has 0 fully saturated rings. The van der Waals surface area contributed by atoms with Gasteiger partial charge in [0.25, 0.3) is 0 Å². The van der Waals surface area contributed by atoms with E-state index in [2.05, 4.69) is 5.32 Å². The molecule has 0 spiro atoms. The van der Waals surface area contributed by atoms with Crippen molar-refractivity contribution >= 4 is 15.9 Å². The molecule has 0 radical (unpaired) electrons. The zero-order valence-electron chi connectivity index (χ0n) is 14.2. The van der Waals surface area contributed by atoms with Crippen LogP contribution in [0.2, 0.25) is 0 Å². The van der Waals surface area contributed by atoms with Gasteiger partial charge in [0.05, 0.1) is 12.0 Å². The Morgan fingerprint density at radius 1 is 1.20 bits per heavy atom. The highest BCUT2D eigenvalue weighted by atomic mass is 32.2. The molecule has 1 atom stereocenters. The van der Waals surface area contributed by atoms with Crippen molar-refractivity contribution in [2.45, 2.75) is 30.7 Å². The first-order valence-electron chi connectivity index (χ1n) is 7.82. The van der Waals surface area contributed by atoms with Crippen molar-refractivity contribution < 1.29 is 17.9 Å². The Hall–Kier alpha value is -2.38. The third kappa shape index (κ3) is 5.58. The van der Waals surface area contributed by atoms with E-state index in [9.17, 15) is 13.2 Å². The second kappa shape index (κ2) is 8.13. The second-order valence-electron chi connectivity index (χ2n) is 5.85. The summed E-state index contributed by atoms with van der Waals surface area (Å²) in [6, 6.07) is 13.8. The number of sulfonamides is 1. The van der Waals surface area contributed by atoms with Gasteiger partial charge in [-0.1, -0.05) is 31.2 Å². The molecule has 2 rings (SSSR count). The van der Waals surface area contributed by atoms with E-state index in [1.54, 1.807) is 19.2 Å². The predicted octanol–water partition coefficient (Wildman–Crippen LogP) is 2.15. The molecule has 2 aromatic rings. The molecule has 1 unspecified atom stereocenters. The molecule has 0 aliphatic heterocycles. The van der Waals surface area contributed by atoms with E-state index in [1.165, 1.54) is 12.1 Å². The summed E-state index contributed by atoms with van der Waals surface area (Å²) in [4.78, 5) is 12.2. The van der Waals surface area contributed by atoms with Crippen molar-refractivity contribution in [2.75, 3.05) is 7.11 Å². The highest BCUT2D eigenvalue weighted by Crippen LogP contribution is 2.23. The lowest BCUT2D eigenvalue weighted by atomic mass is 9.97. The van der Waals surface area contributed by atoms with E-state index in [4.69, 9.17) is 9.88 Å². The molecule has 0 aromatic heterocycles. The molecular formula is C18H22N2O4S. The average molecular weight is 362 g/mol. The monoisotopic (exact) mass is 362 g/mol. The molecule has 0 aliphatic rings. The van der Waals surface area contributed by atoms with Gasteiger partial charge in [-0.2, -0.15) is 0 Å². The summed E-state index contributed by atoms with van der Waals surface area (Å²) in [5.74, 6) is 0.741. The Morgan fingerprint density at radius 2 is 1.88 bits per heavy atom. The smallest absolute Gasteiger partial charge is 0.238 e. The van der Waals surface area contributed by atoms with E-state index in [1.807, 2.05) is 31.2 Å². The molecule has 0 aliphatic carbocycles. The van der Waals surface area contributed by atoms with Crippen LogP contribution in [0.1, 0.15) is 30.4 Å². The Morgan fingerprint density at radius 3 is 2.48 bits per heavy atom. The van der Waals surface area contributed by atoms with Crippen molar-refractivity contribution in [1.29, 1.82) is 0 Å². The minimum absolute atomic E-state index is 0.0502. The quantitative estimate of drug-likeness (QED) is 0.788. The van der Waals surface area contributed by atoms with Crippen LogP contribution in [0.15, 0.2) is 53.4 Å². The molecule has 3 N–H and O–H groups in total. The van der Waals surface area contributed by atoms with Gasteiger partial charge in [-0.15, -0.1) is 0 Å². The number of carbonyl (C=O) groups is 1. The van der Waals surface area contributed by atoms with Gasteiger partial charge >= 0.3 is 0 Å². The van der Waals surface area contributed by atoms with Crippen molar-refractivity contribution in [3.05, 3.63) is 59.7 Å². The zero-order valence-corrected chi connectivity index (χ0v) is 15.0. The third-order valence-electron chi connectivity index (χ3n) is 3.90. The number of amides is 1. The number of carbonyl (C=O) groups excluding carboxylic acids is 1. The first-order chi connectivity index (χ1) is 11.8. The SMILES string of the molecule is COc1cccc(C(C)CC(=O)NCc2ccc(S(N)(=O)=O)cc2)c1. The van der Waals surface area contributed by atoms with Gasteiger partial charge in [-0.3, -0.25) is 4.79 Å². The van der Waals surface area contributed by atoms with Crippen LogP contribution >= 0.6 is 0 Å². The summed E-state index contributed by atoms with van der Waals surface area (Å²) in [7, 11) is -2.09. The van der Waals surface area contributed by atoms with Gasteiger partial charge in [0, 0.05) is 13.0 Å². The number of ether oxygens (including phenoxy) is 1. The average Bonchev–Trinajstić information content (AvgIpc) is 2.59. The lowest BCUT2D eigenvalue weighted by Crippen LogP contribution is -2.24. The topological polar surface area (TPSA) is 98.5 Å². The number of methoxy groups -OCH3 is 1. The number of primary sulfonamides is 1. The molecule has 134 valence electrons. The lowest BCUT2D eigenvalue weighted by molar-refractivity contribution is -0.121. The van der Waals surface area contributed by atoms with E-state index in [-0.39, 0.29) is 16.7 Å². The fourth-order valence-electron chi connectivity index (χ4n) is 2.41. The molecular weight excluding hydrogens is 340 g/mol. The molecule has 0 saturated heterocycles. The van der Waals surface area contributed by atoms with Gasteiger partial charge in [-0.25, -0.2) is 13.6 Å². The van der Waals surface area contributed by atoms with E-state index in [0.29, 0.717) is 13.0 Å². The first-order valence-corrected chi connectivity index (χ1v) is 9.36. The van der Waals surface area contributed by atoms with Crippen LogP contribution in [-0.4, -0.2) is 21.4 Å². The molecule has 0 saturated carbocycles. The van der Waals surface area contributed by atoms with Crippen LogP contribution in [0.5, 0.6) is 5.75 Å². The van der Waals surface area contributed by atoms with Crippen LogP contribution in [0, 0.1) is 0 Å². The molecule has 25 heavy (non-hydrogen) atoms. The van der Waals surface area contributed by atoms with E-state index in [0.717, 1.165) is 16.9 Å². The zero-order chi connectivity index (χ0) is 18.4. The number of rotatable bonds is 7. The van der Waals surface area contributed by atoms with Crippen LogP contribution in [0.4, 0.5) is 0 Å². The maximum atomic E-state index is 12.1. The first kappa shape index (κ1) is 19.0. The largest absolute Gasteiger partial charge is 0.497 e. The molecule has 0 bridgehead atoms. The van der Waals surface area contributed by atoms with E-state index >= 15 is 0 Å². The number of nitrogens with two attached hydrogens (primary N) is 1. The molecule has 2 aromatic carbocycles. The van der Waals surface area contributed by atoms with Crippen molar-refractivity contribution in [2.24, 2.45) is 5.14 Å². The highest BCUT2D eigenvalue weighted by Gasteiger charge is 2.12. The molecule has 0 heterocycles. The molecule has 1 amide bonds. The van der Waals surface area contributed by atoms with Gasteiger partial charge in [-0.05, 0) is 41.3 Å². The highest BCUT2D eigenvalue weighted by molar-refractivity contribution is 7.89. The summed E-state index contributed by atoms with van der Waals surface area (Å²) >= 11 is 0. The van der Waals surface area contributed by atoms with Crippen LogP contribution in [0.25, 0.3) is 0 Å². The summed E-state index contributed by atoms with van der Waals surface area (Å²) < 4.78 is 27.6. The summed E-state index contributed by atoms with van der Waals surface area (Å²) in [5, 5.41) is 7.89. The Kier molecular flexibility index (Phi) is 6.17. The van der Waals surface area contributed by atoms with Crippen molar-refractivity contribution in [1.82, 2.24) is 5.32 Å². The minimum Gasteiger partial charge on any atom is -0.497 e. The number of hydrogen-bond donors (Lipinski definition) is 2. The summed E-state index contributed by atoms with van der Waals surface area (Å²) in [6.45, 7) is 2.31. The van der Waals surface area contributed by atoms with E-state index < -0.39 is 10.0 Å². The Labute approximate surface area is 148 Å². The summed E-state index contributed by atoms with van der Waals surface area (Å²) in [6.07, 6.45) is 0.350. The van der Waals surface area contributed by atoms with Crippen molar-refractivity contribution in [3.8, 4) is 5.75 Å². The van der Waals surface area contributed by atoms with Crippen LogP contribution in [0.3, 0.4) is 0 Å². The van der Waals surface area contributed by atoms with Gasteiger partial charge in [0.1, 0.15) is 5.75 Å². The summed E-state index contributed by atoms with van der Waals surface area (Å²) in [5.41, 5.74) is 1.83. The Balaban J connectivity index is 1.89. The molecule has 7 heteroatoms. The number of benzene rings is 2. The standard InChI is InChI=1S/C18H22N2O4S/c1-13(15-4-3-5-16(11-15)24-2)10-18(21)20-12-14-6-8-17(9-7-14)25(19,22)23/h3-9,11,13H,10,12H2,1-2H3,(H,20,21)(H2,19,22,23). The number of hydrogen-bond acceptors (Lipinski definition) is 4.